The number of phenolic OH excluding ortho intramolecular Hbond substituents is 2. The first-order chi connectivity index (χ1) is 10.1. The van der Waals surface area contributed by atoms with E-state index in [9.17, 15) is 20.1 Å². The van der Waals surface area contributed by atoms with Gasteiger partial charge in [0, 0.05) is 30.1 Å². The van der Waals surface area contributed by atoms with Gasteiger partial charge < -0.3 is 20.2 Å². The van der Waals surface area contributed by atoms with Gasteiger partial charge >= 0.3 is 0 Å². The van der Waals surface area contributed by atoms with Gasteiger partial charge in [-0.05, 0) is 37.8 Å². The summed E-state index contributed by atoms with van der Waals surface area (Å²) in [7, 11) is 0. The molecule has 1 aromatic rings. The predicted molar refractivity (Wildman–Crippen MR) is 77.2 cm³/mol. The average Bonchev–Trinajstić information content (AvgIpc) is 3.04. The molecule has 0 aromatic heterocycles. The van der Waals surface area contributed by atoms with Crippen LogP contribution in [0.2, 0.25) is 0 Å². The van der Waals surface area contributed by atoms with E-state index in [4.69, 9.17) is 0 Å². The van der Waals surface area contributed by atoms with Crippen molar-refractivity contribution in [2.45, 2.75) is 44.2 Å². The number of benzene rings is 1. The molecule has 5 heteroatoms. The Kier molecular flexibility index (Phi) is 3.76. The van der Waals surface area contributed by atoms with Gasteiger partial charge in [0.25, 0.3) is 5.91 Å². The minimum atomic E-state index is -0.319. The summed E-state index contributed by atoms with van der Waals surface area (Å²) in [6.45, 7) is 0.670. The molecule has 21 heavy (non-hydrogen) atoms. The van der Waals surface area contributed by atoms with Gasteiger partial charge in [-0.15, -0.1) is 0 Å². The molecule has 3 atom stereocenters. The van der Waals surface area contributed by atoms with Crippen LogP contribution in [0.3, 0.4) is 0 Å². The standard InChI is InChI=1S/C16H21NO4/c18-11-7-10(8-12(19)9-11)16(21)17-6-2-4-14(17)13-3-1-5-15(13)20/h7-9,13-15,18-20H,1-6H2. The van der Waals surface area contributed by atoms with E-state index in [2.05, 4.69) is 0 Å². The molecule has 5 nitrogen and oxygen atoms in total. The summed E-state index contributed by atoms with van der Waals surface area (Å²) in [5.74, 6) is -0.254. The number of aliphatic hydroxyl groups excluding tert-OH is 1. The highest BCUT2D eigenvalue weighted by Crippen LogP contribution is 2.36. The molecule has 1 amide bonds. The number of hydrogen-bond acceptors (Lipinski definition) is 4. The third-order valence-corrected chi connectivity index (χ3v) is 4.74. The SMILES string of the molecule is O=C(c1cc(O)cc(O)c1)N1CCCC1C1CCCC1O. The Morgan fingerprint density at radius 2 is 1.76 bits per heavy atom. The molecular weight excluding hydrogens is 270 g/mol. The normalized spacial score (nSPS) is 29.0. The van der Waals surface area contributed by atoms with Crippen molar-refractivity contribution >= 4 is 5.91 Å². The quantitative estimate of drug-likeness (QED) is 0.777. The van der Waals surface area contributed by atoms with Gasteiger partial charge in [0.2, 0.25) is 0 Å². The van der Waals surface area contributed by atoms with Crippen LogP contribution in [-0.4, -0.2) is 44.8 Å². The number of nitrogens with zero attached hydrogens (tertiary/aromatic N) is 1. The molecule has 3 unspecified atom stereocenters. The maximum Gasteiger partial charge on any atom is 0.254 e. The number of carbonyl (C=O) groups excluding carboxylic acids is 1. The van der Waals surface area contributed by atoms with Crippen molar-refractivity contribution in [2.24, 2.45) is 5.92 Å². The number of hydrogen-bond donors (Lipinski definition) is 3. The zero-order valence-corrected chi connectivity index (χ0v) is 11.9. The van der Waals surface area contributed by atoms with Gasteiger partial charge in [-0.2, -0.15) is 0 Å². The Morgan fingerprint density at radius 1 is 1.05 bits per heavy atom. The third-order valence-electron chi connectivity index (χ3n) is 4.74. The van der Waals surface area contributed by atoms with Crippen molar-refractivity contribution in [1.29, 1.82) is 0 Å². The van der Waals surface area contributed by atoms with Crippen LogP contribution in [0.4, 0.5) is 0 Å². The Hall–Kier alpha value is -1.75. The summed E-state index contributed by atoms with van der Waals surface area (Å²) >= 11 is 0. The van der Waals surface area contributed by atoms with Crippen molar-refractivity contribution in [3.63, 3.8) is 0 Å². The van der Waals surface area contributed by atoms with E-state index in [1.54, 1.807) is 4.90 Å². The Labute approximate surface area is 123 Å². The average molecular weight is 291 g/mol. The fourth-order valence-corrected chi connectivity index (χ4v) is 3.79. The minimum Gasteiger partial charge on any atom is -0.508 e. The lowest BCUT2D eigenvalue weighted by molar-refractivity contribution is 0.0527. The van der Waals surface area contributed by atoms with Gasteiger partial charge in [0.1, 0.15) is 11.5 Å². The molecule has 2 aliphatic rings. The lowest BCUT2D eigenvalue weighted by Gasteiger charge is -2.31. The van der Waals surface area contributed by atoms with E-state index in [-0.39, 0.29) is 35.5 Å². The molecule has 1 saturated carbocycles. The van der Waals surface area contributed by atoms with E-state index in [0.717, 1.165) is 32.1 Å². The highest BCUT2D eigenvalue weighted by molar-refractivity contribution is 5.95. The molecule has 0 radical (unpaired) electrons. The molecule has 1 aromatic carbocycles. The largest absolute Gasteiger partial charge is 0.508 e. The molecule has 3 N–H and O–H groups in total. The Morgan fingerprint density at radius 3 is 2.38 bits per heavy atom. The van der Waals surface area contributed by atoms with E-state index < -0.39 is 0 Å². The number of likely N-dealkylation sites (tertiary alicyclic amines) is 1. The van der Waals surface area contributed by atoms with Crippen LogP contribution in [0.1, 0.15) is 42.5 Å². The first-order valence-electron chi connectivity index (χ1n) is 7.58. The fraction of sp³-hybridized carbons (Fsp3) is 0.562. The summed E-state index contributed by atoms with van der Waals surface area (Å²) in [5, 5.41) is 29.2. The van der Waals surface area contributed by atoms with Crippen LogP contribution < -0.4 is 0 Å². The van der Waals surface area contributed by atoms with Crippen molar-refractivity contribution in [3.8, 4) is 11.5 Å². The molecular formula is C16H21NO4. The van der Waals surface area contributed by atoms with Gasteiger partial charge in [0.15, 0.2) is 0 Å². The summed E-state index contributed by atoms with van der Waals surface area (Å²) in [6, 6.07) is 4.03. The zero-order chi connectivity index (χ0) is 15.0. The second-order valence-corrected chi connectivity index (χ2v) is 6.11. The van der Waals surface area contributed by atoms with Crippen molar-refractivity contribution in [1.82, 2.24) is 4.90 Å². The summed E-state index contributed by atoms with van der Waals surface area (Å²) < 4.78 is 0. The predicted octanol–water partition coefficient (Wildman–Crippen LogP) is 1.86. The monoisotopic (exact) mass is 291 g/mol. The number of aromatic hydroxyl groups is 2. The van der Waals surface area contributed by atoms with Gasteiger partial charge in [-0.25, -0.2) is 0 Å². The maximum atomic E-state index is 12.6. The molecule has 0 bridgehead atoms. The third kappa shape index (κ3) is 2.70. The van der Waals surface area contributed by atoms with E-state index in [1.165, 1.54) is 18.2 Å². The molecule has 3 rings (SSSR count). The van der Waals surface area contributed by atoms with Crippen molar-refractivity contribution in [2.75, 3.05) is 6.54 Å². The van der Waals surface area contributed by atoms with E-state index in [1.807, 2.05) is 0 Å². The van der Waals surface area contributed by atoms with Crippen molar-refractivity contribution < 1.29 is 20.1 Å². The van der Waals surface area contributed by atoms with Gasteiger partial charge in [-0.1, -0.05) is 6.42 Å². The smallest absolute Gasteiger partial charge is 0.254 e. The Balaban J connectivity index is 1.82. The number of rotatable bonds is 2. The molecule has 1 heterocycles. The lowest BCUT2D eigenvalue weighted by Crippen LogP contribution is -2.42. The topological polar surface area (TPSA) is 81.0 Å². The summed E-state index contributed by atoms with van der Waals surface area (Å²) in [6.07, 6.45) is 4.32. The number of carbonyl (C=O) groups is 1. The number of phenols is 2. The summed E-state index contributed by atoms with van der Waals surface area (Å²) in [5.41, 5.74) is 0.298. The highest BCUT2D eigenvalue weighted by atomic mass is 16.3. The molecule has 114 valence electrons. The van der Waals surface area contributed by atoms with Crippen LogP contribution in [0.25, 0.3) is 0 Å². The zero-order valence-electron chi connectivity index (χ0n) is 11.9. The van der Waals surface area contributed by atoms with Crippen LogP contribution in [0.5, 0.6) is 11.5 Å². The number of aliphatic hydroxyl groups is 1. The minimum absolute atomic E-state index is 0.0690. The highest BCUT2D eigenvalue weighted by Gasteiger charge is 2.40. The number of amides is 1. The lowest BCUT2D eigenvalue weighted by atomic mass is 9.93. The first-order valence-corrected chi connectivity index (χ1v) is 7.58. The van der Waals surface area contributed by atoms with Crippen LogP contribution in [0, 0.1) is 5.92 Å². The van der Waals surface area contributed by atoms with Crippen LogP contribution in [0.15, 0.2) is 18.2 Å². The maximum absolute atomic E-state index is 12.6. The molecule has 2 fully saturated rings. The molecule has 1 aliphatic carbocycles. The van der Waals surface area contributed by atoms with Crippen molar-refractivity contribution in [3.05, 3.63) is 23.8 Å². The van der Waals surface area contributed by atoms with Crippen LogP contribution in [-0.2, 0) is 0 Å². The van der Waals surface area contributed by atoms with E-state index >= 15 is 0 Å². The van der Waals surface area contributed by atoms with Gasteiger partial charge in [-0.3, -0.25) is 4.79 Å². The summed E-state index contributed by atoms with van der Waals surface area (Å²) in [4.78, 5) is 14.4. The van der Waals surface area contributed by atoms with E-state index in [0.29, 0.717) is 12.1 Å². The second kappa shape index (κ2) is 5.56. The molecule has 1 saturated heterocycles. The molecule has 1 aliphatic heterocycles. The second-order valence-electron chi connectivity index (χ2n) is 6.11. The molecule has 0 spiro atoms. The van der Waals surface area contributed by atoms with Crippen LogP contribution >= 0.6 is 0 Å². The first kappa shape index (κ1) is 14.2. The van der Waals surface area contributed by atoms with Gasteiger partial charge in [0.05, 0.1) is 6.10 Å². The fourth-order valence-electron chi connectivity index (χ4n) is 3.79. The Bertz CT molecular complexity index is 525.